The van der Waals surface area contributed by atoms with Crippen LogP contribution < -0.4 is 10.6 Å². The molecule has 1 aliphatic rings. The van der Waals surface area contributed by atoms with E-state index in [2.05, 4.69) is 29.2 Å². The summed E-state index contributed by atoms with van der Waals surface area (Å²) in [5.74, 6) is -0.387. The quantitative estimate of drug-likeness (QED) is 0.936. The van der Waals surface area contributed by atoms with Gasteiger partial charge in [-0.25, -0.2) is 0 Å². The maximum absolute atomic E-state index is 11.3. The minimum atomic E-state index is -0.387. The molecule has 1 aliphatic heterocycles. The van der Waals surface area contributed by atoms with Crippen LogP contribution in [0.15, 0.2) is 48.5 Å². The van der Waals surface area contributed by atoms with Gasteiger partial charge in [0.1, 0.15) is 0 Å². The summed E-state index contributed by atoms with van der Waals surface area (Å²) in [7, 11) is 0. The van der Waals surface area contributed by atoms with Gasteiger partial charge in [0.2, 0.25) is 5.91 Å². The molecule has 2 aromatic rings. The summed E-state index contributed by atoms with van der Waals surface area (Å²) in [5, 5.41) is 0. The van der Waals surface area contributed by atoms with Crippen molar-refractivity contribution in [3.8, 4) is 11.1 Å². The Balaban J connectivity index is 1.83. The molecule has 1 heterocycles. The first-order chi connectivity index (χ1) is 10.2. The van der Waals surface area contributed by atoms with E-state index in [1.54, 1.807) is 6.07 Å². The molecule has 21 heavy (non-hydrogen) atoms. The normalized spacial score (nSPS) is 15.0. The van der Waals surface area contributed by atoms with Crippen LogP contribution in [0, 0.1) is 0 Å². The fourth-order valence-corrected chi connectivity index (χ4v) is 2.87. The molecule has 2 N–H and O–H groups in total. The Morgan fingerprint density at radius 3 is 2.29 bits per heavy atom. The molecule has 108 valence electrons. The van der Waals surface area contributed by atoms with Crippen molar-refractivity contribution in [3.05, 3.63) is 54.1 Å². The minimum Gasteiger partial charge on any atom is -0.372 e. The Morgan fingerprint density at radius 2 is 1.62 bits per heavy atom. The van der Waals surface area contributed by atoms with Gasteiger partial charge < -0.3 is 10.6 Å². The highest BCUT2D eigenvalue weighted by Crippen LogP contribution is 2.25. The second kappa shape index (κ2) is 6.00. The number of amides is 1. The van der Waals surface area contributed by atoms with Gasteiger partial charge in [-0.15, -0.1) is 0 Å². The number of nitrogens with zero attached hydrogens (tertiary/aromatic N) is 1. The van der Waals surface area contributed by atoms with E-state index < -0.39 is 0 Å². The first-order valence-corrected chi connectivity index (χ1v) is 7.49. The van der Waals surface area contributed by atoms with Gasteiger partial charge in [-0.1, -0.05) is 24.3 Å². The van der Waals surface area contributed by atoms with Crippen molar-refractivity contribution < 1.29 is 4.79 Å². The number of nitrogens with two attached hydrogens (primary N) is 1. The molecular formula is C18H20N2O. The Morgan fingerprint density at radius 1 is 0.905 bits per heavy atom. The van der Waals surface area contributed by atoms with E-state index in [4.69, 9.17) is 5.73 Å². The van der Waals surface area contributed by atoms with E-state index in [1.807, 2.05) is 18.2 Å². The van der Waals surface area contributed by atoms with Gasteiger partial charge in [0.05, 0.1) is 0 Å². The molecule has 1 amide bonds. The van der Waals surface area contributed by atoms with Gasteiger partial charge in [0, 0.05) is 24.3 Å². The van der Waals surface area contributed by atoms with Crippen molar-refractivity contribution in [2.24, 2.45) is 5.73 Å². The third-order valence-corrected chi connectivity index (χ3v) is 4.07. The van der Waals surface area contributed by atoms with Crippen LogP contribution in [0.4, 0.5) is 5.69 Å². The van der Waals surface area contributed by atoms with E-state index in [0.29, 0.717) is 5.56 Å². The maximum atomic E-state index is 11.3. The number of piperidine rings is 1. The molecule has 0 atom stereocenters. The van der Waals surface area contributed by atoms with E-state index in [1.165, 1.54) is 24.9 Å². The summed E-state index contributed by atoms with van der Waals surface area (Å²) >= 11 is 0. The third-order valence-electron chi connectivity index (χ3n) is 4.07. The molecule has 3 rings (SSSR count). The van der Waals surface area contributed by atoms with Crippen molar-refractivity contribution >= 4 is 11.6 Å². The number of carbonyl (C=O) groups excluding carboxylic acids is 1. The smallest absolute Gasteiger partial charge is 0.248 e. The maximum Gasteiger partial charge on any atom is 0.248 e. The number of hydrogen-bond acceptors (Lipinski definition) is 2. The number of anilines is 1. The van der Waals surface area contributed by atoms with Crippen molar-refractivity contribution in [3.63, 3.8) is 0 Å². The molecule has 0 radical (unpaired) electrons. The molecule has 1 fully saturated rings. The van der Waals surface area contributed by atoms with Gasteiger partial charge in [0.25, 0.3) is 0 Å². The summed E-state index contributed by atoms with van der Waals surface area (Å²) < 4.78 is 0. The number of rotatable bonds is 3. The predicted octanol–water partition coefficient (Wildman–Crippen LogP) is 3.44. The standard InChI is InChI=1S/C18H20N2O/c19-18(21)16-6-4-5-15(13-16)14-7-9-17(10-8-14)20-11-2-1-3-12-20/h4-10,13H,1-3,11-12H2,(H2,19,21). The second-order valence-corrected chi connectivity index (χ2v) is 5.54. The fourth-order valence-electron chi connectivity index (χ4n) is 2.87. The SMILES string of the molecule is NC(=O)c1cccc(-c2ccc(N3CCCCC3)cc2)c1. The minimum absolute atomic E-state index is 0.387. The summed E-state index contributed by atoms with van der Waals surface area (Å²) in [6, 6.07) is 16.0. The third kappa shape index (κ3) is 3.07. The highest BCUT2D eigenvalue weighted by atomic mass is 16.1. The van der Waals surface area contributed by atoms with Crippen molar-refractivity contribution in [2.45, 2.75) is 19.3 Å². The van der Waals surface area contributed by atoms with Crippen LogP contribution >= 0.6 is 0 Å². The predicted molar refractivity (Wildman–Crippen MR) is 86.5 cm³/mol. The Hall–Kier alpha value is -2.29. The van der Waals surface area contributed by atoms with Crippen LogP contribution in [0.5, 0.6) is 0 Å². The van der Waals surface area contributed by atoms with Gasteiger partial charge in [-0.05, 0) is 54.7 Å². The summed E-state index contributed by atoms with van der Waals surface area (Å²) in [6.07, 6.45) is 3.90. The highest BCUT2D eigenvalue weighted by molar-refractivity contribution is 5.94. The molecule has 0 unspecified atom stereocenters. The van der Waals surface area contributed by atoms with Gasteiger partial charge in [-0.2, -0.15) is 0 Å². The summed E-state index contributed by atoms with van der Waals surface area (Å²) in [4.78, 5) is 13.7. The number of hydrogen-bond donors (Lipinski definition) is 1. The topological polar surface area (TPSA) is 46.3 Å². The average Bonchev–Trinajstić information content (AvgIpc) is 2.56. The molecule has 1 saturated heterocycles. The lowest BCUT2D eigenvalue weighted by molar-refractivity contribution is 0.100. The van der Waals surface area contributed by atoms with Crippen molar-refractivity contribution in [1.29, 1.82) is 0 Å². The number of benzene rings is 2. The lowest BCUT2D eigenvalue weighted by Crippen LogP contribution is -2.29. The van der Waals surface area contributed by atoms with Gasteiger partial charge in [-0.3, -0.25) is 4.79 Å². The van der Waals surface area contributed by atoms with E-state index in [9.17, 15) is 4.79 Å². The van der Waals surface area contributed by atoms with Crippen LogP contribution in [-0.2, 0) is 0 Å². The second-order valence-electron chi connectivity index (χ2n) is 5.54. The fraction of sp³-hybridized carbons (Fsp3) is 0.278. The molecular weight excluding hydrogens is 260 g/mol. The Bertz CT molecular complexity index is 628. The lowest BCUT2D eigenvalue weighted by atomic mass is 10.0. The van der Waals surface area contributed by atoms with Crippen LogP contribution in [0.3, 0.4) is 0 Å². The molecule has 2 aromatic carbocycles. The first-order valence-electron chi connectivity index (χ1n) is 7.49. The number of carbonyl (C=O) groups is 1. The van der Waals surface area contributed by atoms with Crippen LogP contribution in [0.1, 0.15) is 29.6 Å². The average molecular weight is 280 g/mol. The van der Waals surface area contributed by atoms with E-state index >= 15 is 0 Å². The zero-order valence-corrected chi connectivity index (χ0v) is 12.1. The Kier molecular flexibility index (Phi) is 3.91. The lowest BCUT2D eigenvalue weighted by Gasteiger charge is -2.28. The van der Waals surface area contributed by atoms with Crippen LogP contribution in [0.2, 0.25) is 0 Å². The largest absolute Gasteiger partial charge is 0.372 e. The number of primary amides is 1. The monoisotopic (exact) mass is 280 g/mol. The molecule has 0 bridgehead atoms. The van der Waals surface area contributed by atoms with E-state index in [-0.39, 0.29) is 5.91 Å². The summed E-state index contributed by atoms with van der Waals surface area (Å²) in [6.45, 7) is 2.30. The van der Waals surface area contributed by atoms with Crippen molar-refractivity contribution in [2.75, 3.05) is 18.0 Å². The molecule has 0 spiro atoms. The highest BCUT2D eigenvalue weighted by Gasteiger charge is 2.11. The molecule has 0 saturated carbocycles. The van der Waals surface area contributed by atoms with Crippen molar-refractivity contribution in [1.82, 2.24) is 0 Å². The molecule has 0 aliphatic carbocycles. The molecule has 0 aromatic heterocycles. The van der Waals surface area contributed by atoms with Crippen LogP contribution in [0.25, 0.3) is 11.1 Å². The molecule has 3 heteroatoms. The zero-order chi connectivity index (χ0) is 14.7. The first kappa shape index (κ1) is 13.7. The summed E-state index contributed by atoms with van der Waals surface area (Å²) in [5.41, 5.74) is 9.30. The Labute approximate surface area is 125 Å². The van der Waals surface area contributed by atoms with Crippen LogP contribution in [-0.4, -0.2) is 19.0 Å². The molecule has 3 nitrogen and oxygen atoms in total. The van der Waals surface area contributed by atoms with E-state index in [0.717, 1.165) is 24.2 Å². The van der Waals surface area contributed by atoms with Gasteiger partial charge in [0.15, 0.2) is 0 Å². The zero-order valence-electron chi connectivity index (χ0n) is 12.1. The van der Waals surface area contributed by atoms with Gasteiger partial charge >= 0.3 is 0 Å².